The molecule has 0 radical (unpaired) electrons. The Bertz CT molecular complexity index is 575. The van der Waals surface area contributed by atoms with E-state index in [4.69, 9.17) is 10.5 Å². The summed E-state index contributed by atoms with van der Waals surface area (Å²) in [5.41, 5.74) is 7.21. The van der Waals surface area contributed by atoms with E-state index in [9.17, 15) is 0 Å². The fourth-order valence-corrected chi connectivity index (χ4v) is 2.57. The van der Waals surface area contributed by atoms with Gasteiger partial charge in [0.05, 0.1) is 0 Å². The van der Waals surface area contributed by atoms with Crippen molar-refractivity contribution in [1.29, 1.82) is 0 Å². The van der Waals surface area contributed by atoms with Gasteiger partial charge in [-0.2, -0.15) is 0 Å². The lowest BCUT2D eigenvalue weighted by Crippen LogP contribution is -2.42. The molecule has 0 spiro atoms. The highest BCUT2D eigenvalue weighted by molar-refractivity contribution is 5.51. The molecule has 1 saturated heterocycles. The molecule has 2 heterocycles. The van der Waals surface area contributed by atoms with Gasteiger partial charge in [-0.1, -0.05) is 6.07 Å². The molecule has 21 heavy (non-hydrogen) atoms. The first-order chi connectivity index (χ1) is 10.3. The molecule has 110 valence electrons. The van der Waals surface area contributed by atoms with Crippen LogP contribution in [0.4, 0.5) is 5.69 Å². The second-order valence-electron chi connectivity index (χ2n) is 5.30. The maximum Gasteiger partial charge on any atom is 0.166 e. The third kappa shape index (κ3) is 3.70. The number of rotatable bonds is 4. The summed E-state index contributed by atoms with van der Waals surface area (Å²) in [7, 11) is 0. The Morgan fingerprint density at radius 1 is 1.24 bits per heavy atom. The number of nitrogens with two attached hydrogens (primary N) is 1. The zero-order valence-electron chi connectivity index (χ0n) is 12.0. The van der Waals surface area contributed by atoms with Gasteiger partial charge in [-0.3, -0.25) is 0 Å². The highest BCUT2D eigenvalue weighted by Crippen LogP contribution is 2.24. The summed E-state index contributed by atoms with van der Waals surface area (Å²) < 4.78 is 5.77. The van der Waals surface area contributed by atoms with Crippen molar-refractivity contribution in [3.05, 3.63) is 48.5 Å². The minimum Gasteiger partial charge on any atom is -0.486 e. The molecule has 1 unspecified atom stereocenters. The topological polar surface area (TPSA) is 64.3 Å². The van der Waals surface area contributed by atoms with Crippen molar-refractivity contribution in [3.8, 4) is 5.75 Å². The van der Waals surface area contributed by atoms with Gasteiger partial charge in [0, 0.05) is 43.3 Å². The third-order valence-corrected chi connectivity index (χ3v) is 3.63. The van der Waals surface area contributed by atoms with E-state index in [-0.39, 0.29) is 6.04 Å². The Morgan fingerprint density at radius 2 is 2.10 bits per heavy atom. The van der Waals surface area contributed by atoms with E-state index in [0.717, 1.165) is 37.4 Å². The number of anilines is 1. The highest BCUT2D eigenvalue weighted by atomic mass is 16.5. The first kappa shape index (κ1) is 13.8. The fourth-order valence-electron chi connectivity index (χ4n) is 2.57. The molecule has 0 aliphatic carbocycles. The van der Waals surface area contributed by atoms with Crippen molar-refractivity contribution < 1.29 is 4.74 Å². The van der Waals surface area contributed by atoms with Crippen LogP contribution in [0.3, 0.4) is 0 Å². The predicted molar refractivity (Wildman–Crippen MR) is 82.2 cm³/mol. The molecule has 1 aliphatic rings. The highest BCUT2D eigenvalue weighted by Gasteiger charge is 2.17. The van der Waals surface area contributed by atoms with Crippen LogP contribution in [-0.4, -0.2) is 29.1 Å². The molecule has 0 amide bonds. The zero-order valence-corrected chi connectivity index (χ0v) is 12.0. The van der Waals surface area contributed by atoms with E-state index in [2.05, 4.69) is 27.0 Å². The van der Waals surface area contributed by atoms with Crippen LogP contribution in [0.1, 0.15) is 18.7 Å². The van der Waals surface area contributed by atoms with E-state index in [1.54, 1.807) is 18.5 Å². The van der Waals surface area contributed by atoms with E-state index >= 15 is 0 Å². The number of nitrogens with zero attached hydrogens (tertiary/aromatic N) is 3. The average Bonchev–Trinajstić information content (AvgIpc) is 2.54. The number of benzene rings is 1. The minimum atomic E-state index is 0.265. The summed E-state index contributed by atoms with van der Waals surface area (Å²) in [6.45, 7) is 2.34. The molecule has 1 aliphatic heterocycles. The van der Waals surface area contributed by atoms with Crippen LogP contribution in [-0.2, 0) is 6.61 Å². The lowest BCUT2D eigenvalue weighted by molar-refractivity contribution is 0.296. The Balaban J connectivity index is 1.65. The third-order valence-electron chi connectivity index (χ3n) is 3.63. The number of piperidine rings is 1. The van der Waals surface area contributed by atoms with E-state index in [0.29, 0.717) is 12.4 Å². The Hall–Kier alpha value is -2.14. The molecule has 5 nitrogen and oxygen atoms in total. The van der Waals surface area contributed by atoms with Crippen LogP contribution in [0.25, 0.3) is 0 Å². The van der Waals surface area contributed by atoms with Gasteiger partial charge < -0.3 is 15.4 Å². The standard InChI is InChI=1S/C16H20N4O/c17-13-4-2-9-20(11-13)14-5-1-6-15(10-14)21-12-16-18-7-3-8-19-16/h1,3,5-8,10,13H,2,4,9,11-12,17H2. The summed E-state index contributed by atoms with van der Waals surface area (Å²) in [5.74, 6) is 1.52. The molecule has 1 aromatic carbocycles. The van der Waals surface area contributed by atoms with Crippen molar-refractivity contribution in [1.82, 2.24) is 9.97 Å². The number of aromatic nitrogens is 2. The first-order valence-corrected chi connectivity index (χ1v) is 7.30. The number of hydrogen-bond acceptors (Lipinski definition) is 5. The molecule has 3 rings (SSSR count). The van der Waals surface area contributed by atoms with Crippen LogP contribution in [0, 0.1) is 0 Å². The van der Waals surface area contributed by atoms with Crippen LogP contribution in [0.15, 0.2) is 42.7 Å². The maximum atomic E-state index is 6.05. The molecule has 1 fully saturated rings. The zero-order chi connectivity index (χ0) is 14.5. The molecular formula is C16H20N4O. The summed E-state index contributed by atoms with van der Waals surface area (Å²) in [6, 6.07) is 10.2. The Morgan fingerprint density at radius 3 is 2.90 bits per heavy atom. The van der Waals surface area contributed by atoms with Crippen molar-refractivity contribution >= 4 is 5.69 Å². The Kier molecular flexibility index (Phi) is 4.31. The SMILES string of the molecule is NC1CCCN(c2cccc(OCc3ncccn3)c2)C1. The monoisotopic (exact) mass is 284 g/mol. The summed E-state index contributed by atoms with van der Waals surface area (Å²) in [4.78, 5) is 10.6. The number of ether oxygens (including phenoxy) is 1. The largest absolute Gasteiger partial charge is 0.486 e. The summed E-state index contributed by atoms with van der Waals surface area (Å²) >= 11 is 0. The van der Waals surface area contributed by atoms with Crippen molar-refractivity contribution in [3.63, 3.8) is 0 Å². The minimum absolute atomic E-state index is 0.265. The lowest BCUT2D eigenvalue weighted by atomic mass is 10.1. The van der Waals surface area contributed by atoms with Gasteiger partial charge in [0.1, 0.15) is 12.4 Å². The van der Waals surface area contributed by atoms with Crippen LogP contribution < -0.4 is 15.4 Å². The molecule has 5 heteroatoms. The fraction of sp³-hybridized carbons (Fsp3) is 0.375. The van der Waals surface area contributed by atoms with Crippen LogP contribution in [0.5, 0.6) is 5.75 Å². The second kappa shape index (κ2) is 6.54. The average molecular weight is 284 g/mol. The molecule has 1 atom stereocenters. The normalized spacial score (nSPS) is 18.5. The van der Waals surface area contributed by atoms with E-state index < -0.39 is 0 Å². The van der Waals surface area contributed by atoms with Crippen molar-refractivity contribution in [2.75, 3.05) is 18.0 Å². The van der Waals surface area contributed by atoms with Gasteiger partial charge in [0.15, 0.2) is 5.82 Å². The molecule has 0 saturated carbocycles. The van der Waals surface area contributed by atoms with Crippen LogP contribution >= 0.6 is 0 Å². The molecule has 1 aromatic heterocycles. The summed E-state index contributed by atoms with van der Waals surface area (Å²) in [6.07, 6.45) is 5.69. The maximum absolute atomic E-state index is 6.05. The molecule has 2 N–H and O–H groups in total. The van der Waals surface area contributed by atoms with E-state index in [1.165, 1.54) is 0 Å². The second-order valence-corrected chi connectivity index (χ2v) is 5.30. The van der Waals surface area contributed by atoms with Gasteiger partial charge in [-0.05, 0) is 31.0 Å². The smallest absolute Gasteiger partial charge is 0.166 e. The predicted octanol–water partition coefficient (Wildman–Crippen LogP) is 1.98. The summed E-state index contributed by atoms with van der Waals surface area (Å²) in [5, 5.41) is 0. The quantitative estimate of drug-likeness (QED) is 0.930. The van der Waals surface area contributed by atoms with Gasteiger partial charge in [0.25, 0.3) is 0 Å². The first-order valence-electron chi connectivity index (χ1n) is 7.30. The lowest BCUT2D eigenvalue weighted by Gasteiger charge is -2.32. The van der Waals surface area contributed by atoms with Gasteiger partial charge in [-0.15, -0.1) is 0 Å². The van der Waals surface area contributed by atoms with E-state index in [1.807, 2.05) is 12.1 Å². The van der Waals surface area contributed by atoms with Gasteiger partial charge in [-0.25, -0.2) is 9.97 Å². The molecule has 2 aromatic rings. The van der Waals surface area contributed by atoms with Crippen molar-refractivity contribution in [2.45, 2.75) is 25.5 Å². The Labute approximate surface area is 124 Å². The van der Waals surface area contributed by atoms with Crippen molar-refractivity contribution in [2.24, 2.45) is 5.73 Å². The molecule has 0 bridgehead atoms. The van der Waals surface area contributed by atoms with Crippen LogP contribution in [0.2, 0.25) is 0 Å². The van der Waals surface area contributed by atoms with Gasteiger partial charge >= 0.3 is 0 Å². The number of hydrogen-bond donors (Lipinski definition) is 1. The van der Waals surface area contributed by atoms with Gasteiger partial charge in [0.2, 0.25) is 0 Å². The molecular weight excluding hydrogens is 264 g/mol.